The molecule has 0 atom stereocenters. The zero-order valence-corrected chi connectivity index (χ0v) is 17.3. The number of nitrogens with zero attached hydrogens (tertiary/aromatic N) is 3. The van der Waals surface area contributed by atoms with Gasteiger partial charge in [0, 0.05) is 37.9 Å². The van der Waals surface area contributed by atoms with Crippen LogP contribution in [0.25, 0.3) is 5.69 Å². The fourth-order valence-electron chi connectivity index (χ4n) is 3.70. The van der Waals surface area contributed by atoms with Gasteiger partial charge in [0.25, 0.3) is 5.91 Å². The first-order valence-electron chi connectivity index (χ1n) is 10.4. The molecule has 2 aromatic carbocycles. The van der Waals surface area contributed by atoms with Gasteiger partial charge < -0.3 is 10.4 Å². The summed E-state index contributed by atoms with van der Waals surface area (Å²) in [4.78, 5) is 14.8. The first-order chi connectivity index (χ1) is 14.6. The average molecular weight is 405 g/mol. The molecule has 6 heteroatoms. The van der Waals surface area contributed by atoms with E-state index in [2.05, 4.69) is 39.6 Å². The van der Waals surface area contributed by atoms with Gasteiger partial charge in [-0.3, -0.25) is 9.69 Å². The summed E-state index contributed by atoms with van der Waals surface area (Å²) in [6, 6.07) is 15.8. The second kappa shape index (κ2) is 9.24. The Morgan fingerprint density at radius 3 is 2.37 bits per heavy atom. The van der Waals surface area contributed by atoms with Gasteiger partial charge in [0.1, 0.15) is 0 Å². The van der Waals surface area contributed by atoms with E-state index in [-0.39, 0.29) is 12.0 Å². The molecule has 0 bridgehead atoms. The van der Waals surface area contributed by atoms with Crippen molar-refractivity contribution in [3.8, 4) is 5.69 Å². The van der Waals surface area contributed by atoms with Crippen molar-refractivity contribution in [1.29, 1.82) is 0 Å². The number of aromatic nitrogens is 2. The Morgan fingerprint density at radius 1 is 1.07 bits per heavy atom. The van der Waals surface area contributed by atoms with Crippen LogP contribution in [0.1, 0.15) is 39.9 Å². The van der Waals surface area contributed by atoms with E-state index >= 15 is 0 Å². The van der Waals surface area contributed by atoms with Gasteiger partial charge in [-0.1, -0.05) is 24.3 Å². The summed E-state index contributed by atoms with van der Waals surface area (Å²) >= 11 is 0. The second-order valence-electron chi connectivity index (χ2n) is 8.02. The van der Waals surface area contributed by atoms with Crippen LogP contribution < -0.4 is 5.32 Å². The molecule has 6 nitrogen and oxygen atoms in total. The van der Waals surface area contributed by atoms with Gasteiger partial charge in [0.15, 0.2) is 0 Å². The molecule has 1 saturated heterocycles. The maximum absolute atomic E-state index is 12.5. The lowest BCUT2D eigenvalue weighted by atomic mass is 10.1. The molecule has 156 valence electrons. The van der Waals surface area contributed by atoms with Crippen molar-refractivity contribution in [1.82, 2.24) is 20.0 Å². The van der Waals surface area contributed by atoms with E-state index < -0.39 is 0 Å². The molecule has 0 unspecified atom stereocenters. The molecule has 0 saturated carbocycles. The van der Waals surface area contributed by atoms with Crippen molar-refractivity contribution in [2.24, 2.45) is 0 Å². The van der Waals surface area contributed by atoms with Crippen molar-refractivity contribution < 1.29 is 9.90 Å². The number of aryl methyl sites for hydroxylation is 1. The molecule has 2 heterocycles. The van der Waals surface area contributed by atoms with E-state index in [1.54, 1.807) is 4.68 Å². The van der Waals surface area contributed by atoms with Gasteiger partial charge in [-0.2, -0.15) is 5.10 Å². The van der Waals surface area contributed by atoms with E-state index in [1.807, 2.05) is 43.6 Å². The summed E-state index contributed by atoms with van der Waals surface area (Å²) in [7, 11) is 0. The molecule has 3 aromatic rings. The Morgan fingerprint density at radius 2 is 1.73 bits per heavy atom. The average Bonchev–Trinajstić information content (AvgIpc) is 3.21. The van der Waals surface area contributed by atoms with E-state index in [0.717, 1.165) is 49.3 Å². The fourth-order valence-corrected chi connectivity index (χ4v) is 3.70. The molecule has 4 rings (SSSR count). The highest BCUT2D eigenvalue weighted by Crippen LogP contribution is 2.15. The van der Waals surface area contributed by atoms with Crippen molar-refractivity contribution in [3.63, 3.8) is 0 Å². The molecule has 0 spiro atoms. The lowest BCUT2D eigenvalue weighted by Gasteiger charge is -2.29. The third kappa shape index (κ3) is 5.14. The zero-order valence-electron chi connectivity index (χ0n) is 17.3. The lowest BCUT2D eigenvalue weighted by molar-refractivity contribution is 0.0792. The number of rotatable bonds is 6. The number of hydrogen-bond acceptors (Lipinski definition) is 4. The maximum Gasteiger partial charge on any atom is 0.251 e. The van der Waals surface area contributed by atoms with Gasteiger partial charge in [0.2, 0.25) is 0 Å². The number of benzene rings is 2. The summed E-state index contributed by atoms with van der Waals surface area (Å²) in [5.41, 5.74) is 4.98. The molecule has 0 radical (unpaired) electrons. The van der Waals surface area contributed by atoms with Crippen LogP contribution in [0.4, 0.5) is 0 Å². The second-order valence-corrected chi connectivity index (χ2v) is 8.02. The van der Waals surface area contributed by atoms with Crippen molar-refractivity contribution in [3.05, 3.63) is 83.2 Å². The largest absolute Gasteiger partial charge is 0.393 e. The number of amides is 1. The highest BCUT2D eigenvalue weighted by Gasteiger charge is 2.16. The number of carbonyl (C=O) groups excluding carboxylic acids is 1. The summed E-state index contributed by atoms with van der Waals surface area (Å²) in [6.07, 6.45) is 5.33. The third-order valence-electron chi connectivity index (χ3n) is 5.55. The van der Waals surface area contributed by atoms with Gasteiger partial charge in [-0.15, -0.1) is 0 Å². The topological polar surface area (TPSA) is 70.4 Å². The van der Waals surface area contributed by atoms with E-state index in [1.165, 1.54) is 5.56 Å². The number of aliphatic hydroxyl groups is 1. The monoisotopic (exact) mass is 404 g/mol. The van der Waals surface area contributed by atoms with Crippen LogP contribution in [0.3, 0.4) is 0 Å². The molecule has 1 aliphatic rings. The smallest absolute Gasteiger partial charge is 0.251 e. The minimum atomic E-state index is -0.141. The Hall–Kier alpha value is -2.96. The Kier molecular flexibility index (Phi) is 6.26. The minimum Gasteiger partial charge on any atom is -0.393 e. The number of piperidine rings is 1. The quantitative estimate of drug-likeness (QED) is 0.662. The van der Waals surface area contributed by atoms with Crippen molar-refractivity contribution >= 4 is 5.91 Å². The lowest BCUT2D eigenvalue weighted by Crippen LogP contribution is -2.35. The standard InChI is InChI=1S/C24H28N4O2/c1-18-14-26-28(16-18)22-8-6-21(7-9-22)24(30)25-15-19-2-4-20(5-3-19)17-27-12-10-23(29)11-13-27/h2-9,14,16,23,29H,10-13,15,17H2,1H3,(H,25,30). The third-order valence-corrected chi connectivity index (χ3v) is 5.55. The molecule has 1 fully saturated rings. The SMILES string of the molecule is Cc1cnn(-c2ccc(C(=O)NCc3ccc(CN4CCC(O)CC4)cc3)cc2)c1. The van der Waals surface area contributed by atoms with Crippen LogP contribution in [-0.4, -0.2) is 44.9 Å². The van der Waals surface area contributed by atoms with Gasteiger partial charge >= 0.3 is 0 Å². The van der Waals surface area contributed by atoms with E-state index in [0.29, 0.717) is 12.1 Å². The maximum atomic E-state index is 12.5. The summed E-state index contributed by atoms with van der Waals surface area (Å²) < 4.78 is 1.80. The molecule has 0 aliphatic carbocycles. The number of aliphatic hydroxyl groups excluding tert-OH is 1. The number of hydrogen-bond donors (Lipinski definition) is 2. The van der Waals surface area contributed by atoms with E-state index in [9.17, 15) is 9.90 Å². The van der Waals surface area contributed by atoms with Crippen LogP contribution in [0.2, 0.25) is 0 Å². The molecule has 1 aliphatic heterocycles. The fraction of sp³-hybridized carbons (Fsp3) is 0.333. The Balaban J connectivity index is 1.28. The molecule has 2 N–H and O–H groups in total. The number of carbonyl (C=O) groups is 1. The first-order valence-corrected chi connectivity index (χ1v) is 10.4. The van der Waals surface area contributed by atoms with Crippen LogP contribution in [0.5, 0.6) is 0 Å². The highest BCUT2D eigenvalue weighted by atomic mass is 16.3. The van der Waals surface area contributed by atoms with Crippen LogP contribution >= 0.6 is 0 Å². The van der Waals surface area contributed by atoms with Crippen LogP contribution in [0, 0.1) is 6.92 Å². The Labute approximate surface area is 177 Å². The van der Waals surface area contributed by atoms with Crippen molar-refractivity contribution in [2.45, 2.75) is 39.0 Å². The van der Waals surface area contributed by atoms with Gasteiger partial charge in [-0.05, 0) is 60.7 Å². The predicted octanol–water partition coefficient (Wildman–Crippen LogP) is 3.07. The van der Waals surface area contributed by atoms with Gasteiger partial charge in [0.05, 0.1) is 18.0 Å². The summed E-state index contributed by atoms with van der Waals surface area (Å²) in [5, 5.41) is 16.9. The zero-order chi connectivity index (χ0) is 20.9. The van der Waals surface area contributed by atoms with Crippen molar-refractivity contribution in [2.75, 3.05) is 13.1 Å². The van der Waals surface area contributed by atoms with Crippen LogP contribution in [-0.2, 0) is 13.1 Å². The molecule has 1 amide bonds. The Bertz CT molecular complexity index is 971. The molecular weight excluding hydrogens is 376 g/mol. The van der Waals surface area contributed by atoms with Crippen LogP contribution in [0.15, 0.2) is 60.9 Å². The number of nitrogens with one attached hydrogen (secondary N) is 1. The normalized spacial score (nSPS) is 15.3. The first kappa shape index (κ1) is 20.3. The van der Waals surface area contributed by atoms with E-state index in [4.69, 9.17) is 0 Å². The highest BCUT2D eigenvalue weighted by molar-refractivity contribution is 5.94. The minimum absolute atomic E-state index is 0.0888. The molecule has 1 aromatic heterocycles. The number of likely N-dealkylation sites (tertiary alicyclic amines) is 1. The molecular formula is C24H28N4O2. The summed E-state index contributed by atoms with van der Waals surface area (Å²) in [6.45, 7) is 5.28. The summed E-state index contributed by atoms with van der Waals surface area (Å²) in [5.74, 6) is -0.0888. The predicted molar refractivity (Wildman–Crippen MR) is 116 cm³/mol. The van der Waals surface area contributed by atoms with Gasteiger partial charge in [-0.25, -0.2) is 4.68 Å². The molecule has 30 heavy (non-hydrogen) atoms.